The third-order valence-corrected chi connectivity index (χ3v) is 3.31. The number of hydrogen-bond donors (Lipinski definition) is 1. The zero-order chi connectivity index (χ0) is 15.6. The molecule has 7 heteroatoms. The van der Waals surface area contributed by atoms with E-state index in [1.807, 2.05) is 17.7 Å². The lowest BCUT2D eigenvalue weighted by Crippen LogP contribution is -2.17. The maximum atomic E-state index is 11.1. The van der Waals surface area contributed by atoms with Crippen molar-refractivity contribution >= 4 is 5.69 Å². The number of nitrogens with two attached hydrogens (primary N) is 1. The second-order valence-corrected chi connectivity index (χ2v) is 5.34. The summed E-state index contributed by atoms with van der Waals surface area (Å²) in [5.41, 5.74) is 8.64. The molecule has 1 unspecified atom stereocenters. The summed E-state index contributed by atoms with van der Waals surface area (Å²) in [5, 5.41) is 11.1. The first-order valence-electron chi connectivity index (χ1n) is 6.74. The Balaban J connectivity index is 2.26. The van der Waals surface area contributed by atoms with Crippen molar-refractivity contribution in [2.75, 3.05) is 0 Å². The molecule has 0 aliphatic rings. The molecule has 112 valence electrons. The van der Waals surface area contributed by atoms with Gasteiger partial charge in [0.05, 0.1) is 34.7 Å². The molecule has 0 bridgehead atoms. The number of nitrogens with zero attached hydrogens (tertiary/aromatic N) is 4. The smallest absolute Gasteiger partial charge is 0.278 e. The number of aryl methyl sites for hydroxylation is 1. The Morgan fingerprint density at radius 2 is 2.14 bits per heavy atom. The summed E-state index contributed by atoms with van der Waals surface area (Å²) in [6.07, 6.45) is 5.84. The van der Waals surface area contributed by atoms with Crippen LogP contribution < -0.4 is 5.73 Å². The number of rotatable bonds is 5. The van der Waals surface area contributed by atoms with Crippen molar-refractivity contribution < 1.29 is 4.92 Å². The minimum absolute atomic E-state index is 0.0497. The molecule has 0 aliphatic carbocycles. The Hall–Kier alpha value is -2.28. The van der Waals surface area contributed by atoms with E-state index in [9.17, 15) is 10.1 Å². The van der Waals surface area contributed by atoms with Gasteiger partial charge in [0, 0.05) is 30.4 Å². The predicted octanol–water partition coefficient (Wildman–Crippen LogP) is 1.74. The molecule has 0 aliphatic heterocycles. The van der Waals surface area contributed by atoms with Crippen LogP contribution in [0.1, 0.15) is 29.4 Å². The van der Waals surface area contributed by atoms with E-state index in [0.717, 1.165) is 5.69 Å². The van der Waals surface area contributed by atoms with Crippen LogP contribution in [-0.2, 0) is 13.0 Å². The van der Waals surface area contributed by atoms with Crippen LogP contribution >= 0.6 is 0 Å². The third kappa shape index (κ3) is 3.43. The predicted molar refractivity (Wildman–Crippen MR) is 79.0 cm³/mol. The molecule has 0 amide bonds. The first-order chi connectivity index (χ1) is 9.88. The zero-order valence-electron chi connectivity index (χ0n) is 12.4. The van der Waals surface area contributed by atoms with Crippen molar-refractivity contribution in [1.29, 1.82) is 0 Å². The van der Waals surface area contributed by atoms with E-state index in [4.69, 9.17) is 5.73 Å². The van der Waals surface area contributed by atoms with Gasteiger partial charge in [0.25, 0.3) is 5.69 Å². The van der Waals surface area contributed by atoms with Gasteiger partial charge in [0.2, 0.25) is 0 Å². The third-order valence-electron chi connectivity index (χ3n) is 3.31. The maximum absolute atomic E-state index is 11.1. The quantitative estimate of drug-likeness (QED) is 0.667. The average Bonchev–Trinajstić information content (AvgIpc) is 2.79. The minimum Gasteiger partial charge on any atom is -0.331 e. The summed E-state index contributed by atoms with van der Waals surface area (Å²) in [4.78, 5) is 19.3. The Morgan fingerprint density at radius 3 is 2.76 bits per heavy atom. The number of pyridine rings is 1. The summed E-state index contributed by atoms with van der Waals surface area (Å²) < 4.78 is 1.87. The molecular formula is C14H19N5O2. The van der Waals surface area contributed by atoms with Gasteiger partial charge in [-0.15, -0.1) is 0 Å². The number of aromatic nitrogens is 3. The highest BCUT2D eigenvalue weighted by molar-refractivity contribution is 5.47. The van der Waals surface area contributed by atoms with Crippen LogP contribution in [0.3, 0.4) is 0 Å². The average molecular weight is 289 g/mol. The monoisotopic (exact) mass is 289 g/mol. The molecule has 2 aromatic heterocycles. The summed E-state index contributed by atoms with van der Waals surface area (Å²) in [6.45, 7) is 5.81. The molecule has 0 aromatic carbocycles. The highest BCUT2D eigenvalue weighted by atomic mass is 16.6. The van der Waals surface area contributed by atoms with Crippen LogP contribution in [0, 0.1) is 24.0 Å². The first-order valence-corrected chi connectivity index (χ1v) is 6.74. The largest absolute Gasteiger partial charge is 0.331 e. The molecule has 0 radical (unpaired) electrons. The molecule has 1 atom stereocenters. The van der Waals surface area contributed by atoms with Crippen molar-refractivity contribution in [3.63, 3.8) is 0 Å². The summed E-state index contributed by atoms with van der Waals surface area (Å²) in [5.74, 6) is 0. The Labute approximate surface area is 123 Å². The highest BCUT2D eigenvalue weighted by Gasteiger charge is 2.18. The fourth-order valence-electron chi connectivity index (χ4n) is 2.31. The number of nitro groups is 1. The second-order valence-electron chi connectivity index (χ2n) is 5.34. The van der Waals surface area contributed by atoms with Gasteiger partial charge >= 0.3 is 0 Å². The fourth-order valence-corrected chi connectivity index (χ4v) is 2.31. The summed E-state index contributed by atoms with van der Waals surface area (Å²) >= 11 is 0. The van der Waals surface area contributed by atoms with Crippen molar-refractivity contribution in [1.82, 2.24) is 14.5 Å². The molecule has 0 spiro atoms. The molecule has 2 rings (SSSR count). The molecule has 2 N–H and O–H groups in total. The van der Waals surface area contributed by atoms with Crippen molar-refractivity contribution in [3.8, 4) is 0 Å². The molecule has 0 saturated heterocycles. The van der Waals surface area contributed by atoms with Gasteiger partial charge in [-0.1, -0.05) is 0 Å². The summed E-state index contributed by atoms with van der Waals surface area (Å²) in [7, 11) is 0. The van der Waals surface area contributed by atoms with E-state index >= 15 is 0 Å². The number of imidazole rings is 1. The van der Waals surface area contributed by atoms with Gasteiger partial charge in [-0.05, 0) is 20.8 Å². The lowest BCUT2D eigenvalue weighted by atomic mass is 10.1. The fraction of sp³-hybridized carbons (Fsp3) is 0.429. The molecule has 21 heavy (non-hydrogen) atoms. The Kier molecular flexibility index (Phi) is 4.32. The standard InChI is InChI=1S/C14H19N5O2/c1-9-5-16-13(11(3)14(9)19(20)21)7-18-6-12(17-8-18)4-10(2)15/h5-6,8,10H,4,7,15H2,1-3H3. The van der Waals surface area contributed by atoms with Gasteiger partial charge in [0.15, 0.2) is 0 Å². The van der Waals surface area contributed by atoms with Gasteiger partial charge in [-0.25, -0.2) is 4.98 Å². The van der Waals surface area contributed by atoms with Gasteiger partial charge < -0.3 is 10.3 Å². The van der Waals surface area contributed by atoms with E-state index in [-0.39, 0.29) is 16.7 Å². The van der Waals surface area contributed by atoms with Crippen LogP contribution in [0.4, 0.5) is 5.69 Å². The molecule has 2 heterocycles. The lowest BCUT2D eigenvalue weighted by Gasteiger charge is -2.08. The Bertz CT molecular complexity index is 663. The van der Waals surface area contributed by atoms with Crippen molar-refractivity contribution in [2.24, 2.45) is 5.73 Å². The van der Waals surface area contributed by atoms with Gasteiger partial charge in [-0.3, -0.25) is 15.1 Å². The highest BCUT2D eigenvalue weighted by Crippen LogP contribution is 2.24. The molecular weight excluding hydrogens is 270 g/mol. The summed E-state index contributed by atoms with van der Waals surface area (Å²) in [6, 6.07) is 0.0497. The maximum Gasteiger partial charge on any atom is 0.278 e. The van der Waals surface area contributed by atoms with Crippen LogP contribution in [0.15, 0.2) is 18.7 Å². The van der Waals surface area contributed by atoms with E-state index in [1.165, 1.54) is 0 Å². The van der Waals surface area contributed by atoms with Gasteiger partial charge in [0.1, 0.15) is 0 Å². The van der Waals surface area contributed by atoms with E-state index in [1.54, 1.807) is 26.4 Å². The van der Waals surface area contributed by atoms with E-state index in [0.29, 0.717) is 29.8 Å². The molecule has 0 fully saturated rings. The second kappa shape index (κ2) is 6.01. The van der Waals surface area contributed by atoms with Crippen LogP contribution in [-0.4, -0.2) is 25.5 Å². The molecule has 2 aromatic rings. The van der Waals surface area contributed by atoms with Crippen LogP contribution in [0.2, 0.25) is 0 Å². The number of hydrogen-bond acceptors (Lipinski definition) is 5. The normalized spacial score (nSPS) is 12.4. The van der Waals surface area contributed by atoms with E-state index in [2.05, 4.69) is 9.97 Å². The topological polar surface area (TPSA) is 99.9 Å². The zero-order valence-corrected chi connectivity index (χ0v) is 12.4. The lowest BCUT2D eigenvalue weighted by molar-refractivity contribution is -0.386. The first kappa shape index (κ1) is 15.1. The minimum atomic E-state index is -0.356. The molecule has 7 nitrogen and oxygen atoms in total. The van der Waals surface area contributed by atoms with Crippen LogP contribution in [0.25, 0.3) is 0 Å². The van der Waals surface area contributed by atoms with Crippen LogP contribution in [0.5, 0.6) is 0 Å². The van der Waals surface area contributed by atoms with Crippen molar-refractivity contribution in [2.45, 2.75) is 39.8 Å². The molecule has 0 saturated carbocycles. The van der Waals surface area contributed by atoms with E-state index < -0.39 is 0 Å². The SMILES string of the molecule is Cc1cnc(Cn2cnc(CC(C)N)c2)c(C)c1[N+](=O)[O-]. The van der Waals surface area contributed by atoms with Crippen molar-refractivity contribution in [3.05, 3.63) is 51.4 Å². The van der Waals surface area contributed by atoms with Gasteiger partial charge in [-0.2, -0.15) is 0 Å². The Morgan fingerprint density at radius 1 is 1.43 bits per heavy atom.